The Balaban J connectivity index is 2.38. The van der Waals surface area contributed by atoms with Crippen molar-refractivity contribution in [2.45, 2.75) is 50.7 Å². The van der Waals surface area contributed by atoms with Gasteiger partial charge in [0.2, 0.25) is 5.91 Å². The molecule has 1 aliphatic carbocycles. The van der Waals surface area contributed by atoms with Crippen LogP contribution < -0.4 is 11.1 Å². The predicted octanol–water partition coefficient (Wildman–Crippen LogP) is -0.154. The maximum Gasteiger partial charge on any atom is 0.306 e. The van der Waals surface area contributed by atoms with Crippen LogP contribution in [0.3, 0.4) is 0 Å². The molecule has 0 bridgehead atoms. The van der Waals surface area contributed by atoms with Crippen LogP contribution in [-0.2, 0) is 9.59 Å². The molecular formula is C12H22N2O4. The minimum absolute atomic E-state index is 0.0517. The highest BCUT2D eigenvalue weighted by Crippen LogP contribution is 2.23. The van der Waals surface area contributed by atoms with Gasteiger partial charge in [0.25, 0.3) is 0 Å². The monoisotopic (exact) mass is 258 g/mol. The number of carbonyl (C=O) groups excluding carboxylic acids is 1. The molecule has 1 amide bonds. The summed E-state index contributed by atoms with van der Waals surface area (Å²) in [5.74, 6) is -1.35. The summed E-state index contributed by atoms with van der Waals surface area (Å²) < 4.78 is 0. The van der Waals surface area contributed by atoms with Crippen LogP contribution in [-0.4, -0.2) is 40.3 Å². The van der Waals surface area contributed by atoms with Crippen LogP contribution in [0.1, 0.15) is 39.0 Å². The topological polar surface area (TPSA) is 113 Å². The molecule has 3 unspecified atom stereocenters. The molecule has 0 aromatic heterocycles. The van der Waals surface area contributed by atoms with E-state index in [2.05, 4.69) is 5.32 Å². The molecule has 5 N–H and O–H groups in total. The van der Waals surface area contributed by atoms with Gasteiger partial charge in [-0.25, -0.2) is 0 Å². The van der Waals surface area contributed by atoms with Crippen molar-refractivity contribution in [1.82, 2.24) is 5.32 Å². The van der Waals surface area contributed by atoms with E-state index in [4.69, 9.17) is 10.8 Å². The van der Waals surface area contributed by atoms with E-state index in [1.54, 1.807) is 0 Å². The first kappa shape index (κ1) is 14.9. The molecular weight excluding hydrogens is 236 g/mol. The first-order valence-electron chi connectivity index (χ1n) is 6.27. The lowest BCUT2D eigenvalue weighted by Gasteiger charge is -2.27. The normalized spacial score (nSPS) is 27.3. The van der Waals surface area contributed by atoms with Crippen LogP contribution >= 0.6 is 0 Å². The van der Waals surface area contributed by atoms with Gasteiger partial charge in [-0.3, -0.25) is 9.59 Å². The third-order valence-electron chi connectivity index (χ3n) is 3.26. The van der Waals surface area contributed by atoms with Crippen LogP contribution in [0.5, 0.6) is 0 Å². The van der Waals surface area contributed by atoms with Gasteiger partial charge >= 0.3 is 5.97 Å². The fourth-order valence-electron chi connectivity index (χ4n) is 2.28. The van der Waals surface area contributed by atoms with Crippen molar-refractivity contribution < 1.29 is 19.8 Å². The summed E-state index contributed by atoms with van der Waals surface area (Å²) in [7, 11) is 0. The Morgan fingerprint density at radius 1 is 1.44 bits per heavy atom. The molecule has 3 atom stereocenters. The molecule has 0 aliphatic heterocycles. The Kier molecular flexibility index (Phi) is 5.10. The number of aliphatic hydroxyl groups is 1. The largest absolute Gasteiger partial charge is 0.481 e. The van der Waals surface area contributed by atoms with Crippen molar-refractivity contribution in [2.24, 2.45) is 11.7 Å². The Morgan fingerprint density at radius 3 is 2.67 bits per heavy atom. The molecule has 1 fully saturated rings. The van der Waals surface area contributed by atoms with Gasteiger partial charge in [0, 0.05) is 18.5 Å². The van der Waals surface area contributed by atoms with Crippen LogP contribution in [0.25, 0.3) is 0 Å². The molecule has 6 heteroatoms. The number of carboxylic acids is 1. The first-order valence-corrected chi connectivity index (χ1v) is 6.27. The molecule has 0 heterocycles. The third-order valence-corrected chi connectivity index (χ3v) is 3.26. The number of amides is 1. The van der Waals surface area contributed by atoms with Gasteiger partial charge in [0.15, 0.2) is 0 Å². The molecule has 0 radical (unpaired) electrons. The molecule has 0 saturated heterocycles. The summed E-state index contributed by atoms with van der Waals surface area (Å²) in [5.41, 5.74) is 4.39. The maximum atomic E-state index is 11.9. The van der Waals surface area contributed by atoms with Crippen LogP contribution in [0, 0.1) is 5.92 Å². The fraction of sp³-hybridized carbons (Fsp3) is 0.833. The second-order valence-corrected chi connectivity index (χ2v) is 5.41. The van der Waals surface area contributed by atoms with E-state index < -0.39 is 18.0 Å². The molecule has 1 rings (SSSR count). The molecule has 6 nitrogen and oxygen atoms in total. The van der Waals surface area contributed by atoms with E-state index in [-0.39, 0.29) is 24.4 Å². The molecule has 1 saturated carbocycles. The highest BCUT2D eigenvalue weighted by atomic mass is 16.4. The Bertz CT molecular complexity index is 317. The average molecular weight is 258 g/mol. The number of hydrogen-bond donors (Lipinski definition) is 4. The number of rotatable bonds is 5. The van der Waals surface area contributed by atoms with Crippen molar-refractivity contribution in [3.8, 4) is 0 Å². The Labute approximate surface area is 107 Å². The lowest BCUT2D eigenvalue weighted by Crippen LogP contribution is -2.45. The Morgan fingerprint density at radius 2 is 2.11 bits per heavy atom. The van der Waals surface area contributed by atoms with Crippen LogP contribution in [0.2, 0.25) is 0 Å². The summed E-state index contributed by atoms with van der Waals surface area (Å²) in [6.45, 7) is 1.35. The second-order valence-electron chi connectivity index (χ2n) is 5.41. The zero-order valence-corrected chi connectivity index (χ0v) is 10.7. The zero-order chi connectivity index (χ0) is 13.8. The quantitative estimate of drug-likeness (QED) is 0.547. The molecule has 0 spiro atoms. The van der Waals surface area contributed by atoms with E-state index in [1.165, 1.54) is 6.92 Å². The lowest BCUT2D eigenvalue weighted by atomic mass is 9.85. The minimum atomic E-state index is -1.42. The Hall–Kier alpha value is -1.14. The van der Waals surface area contributed by atoms with Crippen molar-refractivity contribution in [1.29, 1.82) is 0 Å². The fourth-order valence-corrected chi connectivity index (χ4v) is 2.28. The number of carboxylic acid groups (broad SMARTS) is 1. The second kappa shape index (κ2) is 6.15. The van der Waals surface area contributed by atoms with Gasteiger partial charge in [-0.1, -0.05) is 6.42 Å². The third kappa shape index (κ3) is 5.01. The summed E-state index contributed by atoms with van der Waals surface area (Å²) in [4.78, 5) is 22.4. The van der Waals surface area contributed by atoms with Crippen molar-refractivity contribution in [3.05, 3.63) is 0 Å². The lowest BCUT2D eigenvalue weighted by molar-refractivity contribution is -0.142. The molecule has 18 heavy (non-hydrogen) atoms. The smallest absolute Gasteiger partial charge is 0.306 e. The molecule has 104 valence electrons. The van der Waals surface area contributed by atoms with Crippen LogP contribution in [0.4, 0.5) is 0 Å². The van der Waals surface area contributed by atoms with E-state index >= 15 is 0 Å². The SMILES string of the molecule is CC(O)(CNC(=O)C1CCCC(N)C1)CC(=O)O. The first-order chi connectivity index (χ1) is 8.30. The minimum Gasteiger partial charge on any atom is -0.481 e. The highest BCUT2D eigenvalue weighted by Gasteiger charge is 2.29. The number of aliphatic carboxylic acids is 1. The average Bonchev–Trinajstić information content (AvgIpc) is 2.24. The number of hydrogen-bond acceptors (Lipinski definition) is 4. The molecule has 0 aromatic carbocycles. The van der Waals surface area contributed by atoms with Crippen molar-refractivity contribution in [2.75, 3.05) is 6.54 Å². The van der Waals surface area contributed by atoms with Crippen molar-refractivity contribution >= 4 is 11.9 Å². The summed E-state index contributed by atoms with van der Waals surface area (Å²) in [6, 6.07) is 0.0639. The van der Waals surface area contributed by atoms with E-state index in [9.17, 15) is 14.7 Å². The van der Waals surface area contributed by atoms with Crippen LogP contribution in [0.15, 0.2) is 0 Å². The standard InChI is InChI=1S/C12H22N2O4/c1-12(18,6-10(15)16)7-14-11(17)8-3-2-4-9(13)5-8/h8-9,18H,2-7,13H2,1H3,(H,14,17)(H,15,16). The van der Waals surface area contributed by atoms with Gasteiger partial charge in [0.05, 0.1) is 12.0 Å². The molecule has 0 aromatic rings. The summed E-state index contributed by atoms with van der Waals surface area (Å²) in [6.07, 6.45) is 2.95. The summed E-state index contributed by atoms with van der Waals surface area (Å²) >= 11 is 0. The number of carbonyl (C=O) groups is 2. The van der Waals surface area contributed by atoms with Gasteiger partial charge in [0.1, 0.15) is 0 Å². The predicted molar refractivity (Wildman–Crippen MR) is 65.8 cm³/mol. The van der Waals surface area contributed by atoms with Gasteiger partial charge in [-0.15, -0.1) is 0 Å². The van der Waals surface area contributed by atoms with Gasteiger partial charge in [-0.2, -0.15) is 0 Å². The number of nitrogens with one attached hydrogen (secondary N) is 1. The zero-order valence-electron chi connectivity index (χ0n) is 10.7. The summed E-state index contributed by atoms with van der Waals surface area (Å²) in [5, 5.41) is 21.0. The number of nitrogens with two attached hydrogens (primary N) is 1. The van der Waals surface area contributed by atoms with E-state index in [1.807, 2.05) is 0 Å². The van der Waals surface area contributed by atoms with Gasteiger partial charge in [-0.05, 0) is 26.2 Å². The highest BCUT2D eigenvalue weighted by molar-refractivity contribution is 5.79. The van der Waals surface area contributed by atoms with Gasteiger partial charge < -0.3 is 21.3 Å². The molecule has 1 aliphatic rings. The van der Waals surface area contributed by atoms with E-state index in [0.717, 1.165) is 19.3 Å². The maximum absolute atomic E-state index is 11.9. The van der Waals surface area contributed by atoms with E-state index in [0.29, 0.717) is 6.42 Å². The van der Waals surface area contributed by atoms with Crippen molar-refractivity contribution in [3.63, 3.8) is 0 Å².